The van der Waals surface area contributed by atoms with Gasteiger partial charge in [0.1, 0.15) is 6.33 Å². The van der Waals surface area contributed by atoms with Gasteiger partial charge in [0, 0.05) is 12.4 Å². The van der Waals surface area contributed by atoms with Crippen molar-refractivity contribution in [1.82, 2.24) is 9.97 Å². The van der Waals surface area contributed by atoms with Gasteiger partial charge in [0.05, 0.1) is 0 Å². The molecule has 0 aliphatic carbocycles. The maximum Gasteiger partial charge on any atom is 0.115 e. The van der Waals surface area contributed by atoms with Crippen molar-refractivity contribution in [2.75, 3.05) is 0 Å². The van der Waals surface area contributed by atoms with Gasteiger partial charge in [0.2, 0.25) is 0 Å². The maximum atomic E-state index is 3.77. The Labute approximate surface area is 55.3 Å². The second-order valence-electron chi connectivity index (χ2n) is 1.42. The summed E-state index contributed by atoms with van der Waals surface area (Å²) in [7, 11) is 0. The van der Waals surface area contributed by atoms with E-state index in [1.54, 1.807) is 12.4 Å². The van der Waals surface area contributed by atoms with Crippen molar-refractivity contribution < 1.29 is 0 Å². The molecule has 9 heavy (non-hydrogen) atoms. The van der Waals surface area contributed by atoms with Crippen LogP contribution in [0.3, 0.4) is 0 Å². The van der Waals surface area contributed by atoms with Crippen molar-refractivity contribution >= 4 is 0 Å². The average molecular weight is 122 g/mol. The summed E-state index contributed by atoms with van der Waals surface area (Å²) in [6.07, 6.45) is 5.06. The Balaban J connectivity index is 0.000000291. The van der Waals surface area contributed by atoms with Gasteiger partial charge in [-0.1, -0.05) is 0 Å². The fourth-order valence-electron chi connectivity index (χ4n) is 0.374. The van der Waals surface area contributed by atoms with Crippen LogP contribution in [0.25, 0.3) is 0 Å². The van der Waals surface area contributed by atoms with Gasteiger partial charge in [-0.3, -0.25) is 0 Å². The molecule has 0 saturated carbocycles. The Morgan fingerprint density at radius 3 is 1.89 bits per heavy atom. The third-order valence-corrected chi connectivity index (χ3v) is 0.690. The first kappa shape index (κ1) is 7.82. The van der Waals surface area contributed by atoms with Crippen LogP contribution in [0.2, 0.25) is 0 Å². The van der Waals surface area contributed by atoms with Crippen LogP contribution in [0.15, 0.2) is 31.9 Å². The van der Waals surface area contributed by atoms with Crippen LogP contribution >= 0.6 is 0 Å². The Hall–Kier alpha value is -1.18. The molecule has 2 nitrogen and oxygen atoms in total. The van der Waals surface area contributed by atoms with Gasteiger partial charge >= 0.3 is 0 Å². The normalized spacial score (nSPS) is 7.22. The van der Waals surface area contributed by atoms with Gasteiger partial charge in [-0.05, 0) is 12.5 Å². The average Bonchev–Trinajstić information content (AvgIpc) is 1.94. The Bertz CT molecular complexity index is 148. The number of nitrogens with zero attached hydrogens (tertiary/aromatic N) is 2. The first-order valence-electron chi connectivity index (χ1n) is 2.61. The van der Waals surface area contributed by atoms with E-state index in [9.17, 15) is 0 Å². The number of aryl methyl sites for hydroxylation is 1. The zero-order chi connectivity index (χ0) is 7.11. The van der Waals surface area contributed by atoms with Crippen LogP contribution in [-0.2, 0) is 0 Å². The fraction of sp³-hybridized carbons (Fsp3) is 0.143. The van der Waals surface area contributed by atoms with Crippen molar-refractivity contribution in [2.24, 2.45) is 0 Å². The number of aromatic nitrogens is 2. The molecule has 0 fully saturated rings. The predicted molar refractivity (Wildman–Crippen MR) is 38.0 cm³/mol. The molecule has 1 aromatic rings. The minimum Gasteiger partial charge on any atom is -0.245 e. The topological polar surface area (TPSA) is 25.8 Å². The molecule has 0 amide bonds. The largest absolute Gasteiger partial charge is 0.245 e. The van der Waals surface area contributed by atoms with E-state index in [0.29, 0.717) is 0 Å². The number of rotatable bonds is 0. The molecule has 48 valence electrons. The van der Waals surface area contributed by atoms with Crippen LogP contribution in [0, 0.1) is 6.92 Å². The van der Waals surface area contributed by atoms with Crippen LogP contribution in [0.1, 0.15) is 5.56 Å². The fourth-order valence-corrected chi connectivity index (χ4v) is 0.374. The summed E-state index contributed by atoms with van der Waals surface area (Å²) in [5, 5.41) is 0. The molecule has 1 aromatic heterocycles. The number of hydrogen-bond acceptors (Lipinski definition) is 2. The van der Waals surface area contributed by atoms with Gasteiger partial charge in [-0.25, -0.2) is 9.97 Å². The van der Waals surface area contributed by atoms with Crippen molar-refractivity contribution in [3.05, 3.63) is 37.4 Å². The van der Waals surface area contributed by atoms with Crippen molar-refractivity contribution in [2.45, 2.75) is 6.92 Å². The summed E-state index contributed by atoms with van der Waals surface area (Å²) >= 11 is 0. The first-order valence-corrected chi connectivity index (χ1v) is 2.61. The summed E-state index contributed by atoms with van der Waals surface area (Å²) in [6.45, 7) is 7.96. The zero-order valence-corrected chi connectivity index (χ0v) is 5.54. The van der Waals surface area contributed by atoms with Gasteiger partial charge in [-0.15, -0.1) is 13.2 Å². The summed E-state index contributed by atoms with van der Waals surface area (Å²) in [5.74, 6) is 0. The highest BCUT2D eigenvalue weighted by atomic mass is 14.8. The van der Waals surface area contributed by atoms with Crippen LogP contribution in [-0.4, -0.2) is 9.97 Å². The van der Waals surface area contributed by atoms with Gasteiger partial charge < -0.3 is 0 Å². The van der Waals surface area contributed by atoms with E-state index in [0.717, 1.165) is 5.56 Å². The van der Waals surface area contributed by atoms with Crippen molar-refractivity contribution in [3.8, 4) is 0 Å². The summed E-state index contributed by atoms with van der Waals surface area (Å²) < 4.78 is 0. The third kappa shape index (κ3) is 3.41. The number of hydrogen-bond donors (Lipinski definition) is 0. The lowest BCUT2D eigenvalue weighted by Gasteiger charge is -1.81. The molecule has 0 aliphatic rings. The SMILES string of the molecule is C=C.Cc1cncnc1. The molecule has 0 N–H and O–H groups in total. The first-order chi connectivity index (χ1) is 4.39. The molecule has 0 atom stereocenters. The predicted octanol–water partition coefficient (Wildman–Crippen LogP) is 1.59. The van der Waals surface area contributed by atoms with E-state index in [-0.39, 0.29) is 0 Å². The highest BCUT2D eigenvalue weighted by Crippen LogP contribution is 1.84. The van der Waals surface area contributed by atoms with Gasteiger partial charge in [0.15, 0.2) is 0 Å². The summed E-state index contributed by atoms with van der Waals surface area (Å²) in [4.78, 5) is 7.55. The summed E-state index contributed by atoms with van der Waals surface area (Å²) in [5.41, 5.74) is 1.10. The Morgan fingerprint density at radius 2 is 1.67 bits per heavy atom. The standard InChI is InChI=1S/C5H6N2.C2H4/c1-5-2-6-4-7-3-5;1-2/h2-4H,1H3;1-2H2. The molecule has 0 aliphatic heterocycles. The Kier molecular flexibility index (Phi) is 4.32. The van der Waals surface area contributed by atoms with Crippen molar-refractivity contribution in [3.63, 3.8) is 0 Å². The lowest BCUT2D eigenvalue weighted by Crippen LogP contribution is -1.75. The smallest absolute Gasteiger partial charge is 0.115 e. The molecule has 0 saturated heterocycles. The van der Waals surface area contributed by atoms with E-state index in [4.69, 9.17) is 0 Å². The van der Waals surface area contributed by atoms with Crippen LogP contribution in [0.4, 0.5) is 0 Å². The van der Waals surface area contributed by atoms with E-state index < -0.39 is 0 Å². The lowest BCUT2D eigenvalue weighted by atomic mass is 10.4. The lowest BCUT2D eigenvalue weighted by molar-refractivity contribution is 1.13. The third-order valence-electron chi connectivity index (χ3n) is 0.690. The quantitative estimate of drug-likeness (QED) is 0.488. The zero-order valence-electron chi connectivity index (χ0n) is 5.54. The van der Waals surface area contributed by atoms with Gasteiger partial charge in [0.25, 0.3) is 0 Å². The Morgan fingerprint density at radius 1 is 1.22 bits per heavy atom. The van der Waals surface area contributed by atoms with Crippen LogP contribution < -0.4 is 0 Å². The molecule has 2 heteroatoms. The van der Waals surface area contributed by atoms with E-state index in [1.807, 2.05) is 6.92 Å². The van der Waals surface area contributed by atoms with E-state index in [2.05, 4.69) is 23.1 Å². The molecule has 0 unspecified atom stereocenters. The molecule has 0 spiro atoms. The molecular formula is C7H10N2. The molecule has 1 heterocycles. The minimum absolute atomic E-state index is 1.10. The molecule has 0 bridgehead atoms. The maximum absolute atomic E-state index is 3.77. The van der Waals surface area contributed by atoms with Gasteiger partial charge in [-0.2, -0.15) is 0 Å². The summed E-state index contributed by atoms with van der Waals surface area (Å²) in [6, 6.07) is 0. The highest BCUT2D eigenvalue weighted by molar-refractivity contribution is 4.96. The second-order valence-corrected chi connectivity index (χ2v) is 1.42. The van der Waals surface area contributed by atoms with E-state index >= 15 is 0 Å². The highest BCUT2D eigenvalue weighted by Gasteiger charge is 1.74. The molecule has 0 radical (unpaired) electrons. The molecular weight excluding hydrogens is 112 g/mol. The molecule has 1 rings (SSSR count). The van der Waals surface area contributed by atoms with Crippen LogP contribution in [0.5, 0.6) is 0 Å². The minimum atomic E-state index is 1.10. The monoisotopic (exact) mass is 122 g/mol. The van der Waals surface area contributed by atoms with E-state index in [1.165, 1.54) is 6.33 Å². The molecule has 0 aromatic carbocycles. The van der Waals surface area contributed by atoms with Crippen molar-refractivity contribution in [1.29, 1.82) is 0 Å². The second kappa shape index (κ2) is 4.97.